The lowest BCUT2D eigenvalue weighted by Crippen LogP contribution is -1.65. The summed E-state index contributed by atoms with van der Waals surface area (Å²) in [7, 11) is 0. The number of hydrogen-bond donors (Lipinski definition) is 1. The zero-order valence-electron chi connectivity index (χ0n) is 6.29. The number of nitrogens with one attached hydrogen (secondary N) is 1. The van der Waals surface area contributed by atoms with Crippen molar-refractivity contribution in [3.8, 4) is 0 Å². The first-order valence-corrected chi connectivity index (χ1v) is 4.74. The van der Waals surface area contributed by atoms with Gasteiger partial charge in [-0.2, -0.15) is 0 Å². The summed E-state index contributed by atoms with van der Waals surface area (Å²) in [6.45, 7) is 0. The van der Waals surface area contributed by atoms with E-state index in [-0.39, 0.29) is 0 Å². The first kappa shape index (κ1) is 6.80. The zero-order chi connectivity index (χ0) is 7.68. The van der Waals surface area contributed by atoms with Crippen LogP contribution in [0.15, 0.2) is 35.4 Å². The smallest absolute Gasteiger partial charge is 0.0729 e. The van der Waals surface area contributed by atoms with E-state index in [0.29, 0.717) is 0 Å². The minimum Gasteiger partial charge on any atom is -0.350 e. The van der Waals surface area contributed by atoms with Gasteiger partial charge in [-0.15, -0.1) is 11.8 Å². The molecule has 0 aliphatic heterocycles. The highest BCUT2D eigenvalue weighted by Crippen LogP contribution is 2.20. The second kappa shape index (κ2) is 2.62. The van der Waals surface area contributed by atoms with E-state index in [9.17, 15) is 0 Å². The van der Waals surface area contributed by atoms with Crippen LogP contribution in [0.25, 0.3) is 10.9 Å². The van der Waals surface area contributed by atoms with Gasteiger partial charge in [-0.1, -0.05) is 18.2 Å². The van der Waals surface area contributed by atoms with Gasteiger partial charge in [-0.25, -0.2) is 0 Å². The largest absolute Gasteiger partial charge is 0.350 e. The fraction of sp³-hybridized carbons (Fsp3) is 0.111. The molecule has 1 aromatic carbocycles. The van der Waals surface area contributed by atoms with Gasteiger partial charge in [0.15, 0.2) is 0 Å². The first-order chi connectivity index (χ1) is 5.40. The maximum absolute atomic E-state index is 3.31. The van der Waals surface area contributed by atoms with Crippen molar-refractivity contribution in [2.75, 3.05) is 6.26 Å². The molecule has 2 rings (SSSR count). The molecule has 1 nitrogen and oxygen atoms in total. The van der Waals surface area contributed by atoms with E-state index in [4.69, 9.17) is 0 Å². The Morgan fingerprint density at radius 2 is 2.09 bits per heavy atom. The molecule has 0 aliphatic carbocycles. The molecule has 0 radical (unpaired) electrons. The number of hydrogen-bond acceptors (Lipinski definition) is 1. The van der Waals surface area contributed by atoms with Gasteiger partial charge in [0.25, 0.3) is 0 Å². The van der Waals surface area contributed by atoms with Crippen molar-refractivity contribution in [1.82, 2.24) is 4.98 Å². The molecule has 1 N–H and O–H groups in total. The van der Waals surface area contributed by atoms with E-state index in [0.717, 1.165) is 0 Å². The molecule has 0 fully saturated rings. The summed E-state index contributed by atoms with van der Waals surface area (Å²) >= 11 is 1.74. The normalized spacial score (nSPS) is 10.6. The molecule has 11 heavy (non-hydrogen) atoms. The molecule has 2 heteroatoms. The van der Waals surface area contributed by atoms with Gasteiger partial charge < -0.3 is 4.98 Å². The Bertz CT molecular complexity index is 331. The van der Waals surface area contributed by atoms with Crippen molar-refractivity contribution in [3.63, 3.8) is 0 Å². The summed E-state index contributed by atoms with van der Waals surface area (Å²) in [5.74, 6) is 0. The van der Waals surface area contributed by atoms with Crippen molar-refractivity contribution >= 4 is 22.7 Å². The van der Waals surface area contributed by atoms with Gasteiger partial charge in [0.05, 0.1) is 5.03 Å². The first-order valence-electron chi connectivity index (χ1n) is 3.52. The van der Waals surface area contributed by atoms with Crippen LogP contribution in [0.4, 0.5) is 0 Å². The van der Waals surface area contributed by atoms with Crippen LogP contribution in [0.3, 0.4) is 0 Å². The van der Waals surface area contributed by atoms with Crippen molar-refractivity contribution in [1.29, 1.82) is 0 Å². The second-order valence-electron chi connectivity index (χ2n) is 2.42. The molecule has 0 saturated carbocycles. The number of benzene rings is 1. The minimum absolute atomic E-state index is 1.22. The van der Waals surface area contributed by atoms with E-state index in [1.54, 1.807) is 11.8 Å². The quantitative estimate of drug-likeness (QED) is 0.639. The number of H-pyrrole nitrogens is 1. The summed E-state index contributed by atoms with van der Waals surface area (Å²) in [4.78, 5) is 3.31. The van der Waals surface area contributed by atoms with E-state index in [2.05, 4.69) is 35.5 Å². The summed E-state index contributed by atoms with van der Waals surface area (Å²) in [5, 5.41) is 2.52. The zero-order valence-corrected chi connectivity index (χ0v) is 7.11. The predicted molar refractivity (Wildman–Crippen MR) is 50.1 cm³/mol. The van der Waals surface area contributed by atoms with Crippen LogP contribution in [-0.2, 0) is 0 Å². The average molecular weight is 163 g/mol. The van der Waals surface area contributed by atoms with E-state index in [1.807, 2.05) is 6.07 Å². The predicted octanol–water partition coefficient (Wildman–Crippen LogP) is 2.89. The van der Waals surface area contributed by atoms with Crippen LogP contribution in [0.1, 0.15) is 0 Å². The number of para-hydroxylation sites is 1. The Labute approximate surface area is 69.8 Å². The van der Waals surface area contributed by atoms with Crippen LogP contribution in [0.2, 0.25) is 0 Å². The molecule has 0 aliphatic rings. The topological polar surface area (TPSA) is 15.8 Å². The maximum atomic E-state index is 3.31. The SMILES string of the molecule is CSc1cc2ccccc2[nH]1. The average Bonchev–Trinajstić information content (AvgIpc) is 2.46. The molecular formula is C9H9NS. The van der Waals surface area contributed by atoms with E-state index >= 15 is 0 Å². The van der Waals surface area contributed by atoms with Gasteiger partial charge in [-0.05, 0) is 18.4 Å². The third-order valence-electron chi connectivity index (χ3n) is 1.73. The van der Waals surface area contributed by atoms with Crippen molar-refractivity contribution < 1.29 is 0 Å². The van der Waals surface area contributed by atoms with Gasteiger partial charge in [-0.3, -0.25) is 0 Å². The van der Waals surface area contributed by atoms with Gasteiger partial charge in [0.2, 0.25) is 0 Å². The Balaban J connectivity index is 2.69. The summed E-state index contributed by atoms with van der Waals surface area (Å²) < 4.78 is 0. The fourth-order valence-corrected chi connectivity index (χ4v) is 1.61. The Morgan fingerprint density at radius 1 is 1.27 bits per heavy atom. The summed E-state index contributed by atoms with van der Waals surface area (Å²) in [5.41, 5.74) is 1.22. The Hall–Kier alpha value is -0.890. The van der Waals surface area contributed by atoms with Crippen LogP contribution in [0.5, 0.6) is 0 Å². The molecule has 0 amide bonds. The Kier molecular flexibility index (Phi) is 1.62. The number of aromatic amines is 1. The lowest BCUT2D eigenvalue weighted by molar-refractivity contribution is 1.24. The van der Waals surface area contributed by atoms with Gasteiger partial charge in [0.1, 0.15) is 0 Å². The Morgan fingerprint density at radius 3 is 2.82 bits per heavy atom. The molecule has 1 aromatic heterocycles. The third kappa shape index (κ3) is 1.14. The molecule has 0 unspecified atom stereocenters. The highest BCUT2D eigenvalue weighted by molar-refractivity contribution is 7.98. The summed E-state index contributed by atoms with van der Waals surface area (Å²) in [6, 6.07) is 10.5. The van der Waals surface area contributed by atoms with Crippen LogP contribution < -0.4 is 0 Å². The van der Waals surface area contributed by atoms with E-state index in [1.165, 1.54) is 15.9 Å². The highest BCUT2D eigenvalue weighted by Gasteiger charge is 1.95. The van der Waals surface area contributed by atoms with Crippen molar-refractivity contribution in [2.24, 2.45) is 0 Å². The van der Waals surface area contributed by atoms with Crippen molar-refractivity contribution in [3.05, 3.63) is 30.3 Å². The van der Waals surface area contributed by atoms with Crippen molar-refractivity contribution in [2.45, 2.75) is 5.03 Å². The van der Waals surface area contributed by atoms with Gasteiger partial charge >= 0.3 is 0 Å². The number of thioether (sulfide) groups is 1. The summed E-state index contributed by atoms with van der Waals surface area (Å²) in [6.07, 6.45) is 2.07. The van der Waals surface area contributed by atoms with Crippen LogP contribution in [0, 0.1) is 0 Å². The molecule has 0 saturated heterocycles. The van der Waals surface area contributed by atoms with Crippen LogP contribution in [-0.4, -0.2) is 11.2 Å². The molecule has 0 bridgehead atoms. The molecule has 56 valence electrons. The third-order valence-corrected chi connectivity index (χ3v) is 2.38. The van der Waals surface area contributed by atoms with Gasteiger partial charge in [0, 0.05) is 10.9 Å². The molecule has 1 heterocycles. The molecule has 0 atom stereocenters. The number of aromatic nitrogens is 1. The number of rotatable bonds is 1. The molecular weight excluding hydrogens is 154 g/mol. The fourth-order valence-electron chi connectivity index (χ4n) is 1.16. The molecule has 2 aromatic rings. The highest BCUT2D eigenvalue weighted by atomic mass is 32.2. The van der Waals surface area contributed by atoms with Crippen LogP contribution >= 0.6 is 11.8 Å². The molecule has 0 spiro atoms. The standard InChI is InChI=1S/C9H9NS/c1-11-9-6-7-4-2-3-5-8(7)10-9/h2-6,10H,1H3. The second-order valence-corrected chi connectivity index (χ2v) is 3.27. The van der Waals surface area contributed by atoms with E-state index < -0.39 is 0 Å². The number of fused-ring (bicyclic) bond motifs is 1. The minimum atomic E-state index is 1.22. The lowest BCUT2D eigenvalue weighted by atomic mass is 10.3. The monoisotopic (exact) mass is 163 g/mol. The maximum Gasteiger partial charge on any atom is 0.0729 e. The lowest BCUT2D eigenvalue weighted by Gasteiger charge is -1.84.